The zero-order chi connectivity index (χ0) is 24.9. The molecule has 0 amide bonds. The highest BCUT2D eigenvalue weighted by Crippen LogP contribution is 2.40. The van der Waals surface area contributed by atoms with Crippen molar-refractivity contribution < 1.29 is 33.2 Å². The van der Waals surface area contributed by atoms with Gasteiger partial charge in [-0.05, 0) is 64.1 Å². The standard InChI is InChI=1S/C23H42N2O7Si/c1-28-22(26)11-9-8-10-17(24-30-3)12-13-19-18(14-15-23(27)29-2)20(25-31-4)16-21(19)32-33(5,6)7/h18-19,21H,8-16H2,1-7H3/b24-17+,25-20+. The van der Waals surface area contributed by atoms with Crippen molar-refractivity contribution in [2.75, 3.05) is 28.4 Å². The molecular formula is C23H42N2O7Si. The van der Waals surface area contributed by atoms with Crippen LogP contribution in [0.3, 0.4) is 0 Å². The summed E-state index contributed by atoms with van der Waals surface area (Å²) < 4.78 is 16.1. The van der Waals surface area contributed by atoms with Crippen LogP contribution in [0.4, 0.5) is 0 Å². The number of hydrogen-bond acceptors (Lipinski definition) is 9. The van der Waals surface area contributed by atoms with Crippen LogP contribution in [-0.4, -0.2) is 66.2 Å². The van der Waals surface area contributed by atoms with Crippen LogP contribution in [0.5, 0.6) is 0 Å². The predicted molar refractivity (Wildman–Crippen MR) is 130 cm³/mol. The van der Waals surface area contributed by atoms with Crippen LogP contribution in [0.1, 0.15) is 57.8 Å². The fourth-order valence-corrected chi connectivity index (χ4v) is 5.51. The molecule has 0 aliphatic heterocycles. The van der Waals surface area contributed by atoms with Gasteiger partial charge in [0.2, 0.25) is 0 Å². The van der Waals surface area contributed by atoms with Crippen molar-refractivity contribution in [3.63, 3.8) is 0 Å². The van der Waals surface area contributed by atoms with Crippen LogP contribution in [-0.2, 0) is 33.2 Å². The van der Waals surface area contributed by atoms with Crippen molar-refractivity contribution >= 4 is 31.7 Å². The molecule has 1 rings (SSSR count). The summed E-state index contributed by atoms with van der Waals surface area (Å²) in [5.74, 6) is -0.163. The van der Waals surface area contributed by atoms with E-state index in [4.69, 9.17) is 23.6 Å². The second-order valence-corrected chi connectivity index (χ2v) is 13.7. The molecule has 1 fully saturated rings. The number of unbranched alkanes of at least 4 members (excludes halogenated alkanes) is 1. The minimum atomic E-state index is -1.80. The van der Waals surface area contributed by atoms with E-state index in [1.54, 1.807) is 14.2 Å². The van der Waals surface area contributed by atoms with Gasteiger partial charge >= 0.3 is 11.9 Å². The van der Waals surface area contributed by atoms with Gasteiger partial charge in [-0.15, -0.1) is 0 Å². The largest absolute Gasteiger partial charge is 0.469 e. The normalized spacial score (nSPS) is 22.3. The zero-order valence-electron chi connectivity index (χ0n) is 21.3. The Labute approximate surface area is 199 Å². The van der Waals surface area contributed by atoms with Gasteiger partial charge in [-0.2, -0.15) is 0 Å². The van der Waals surface area contributed by atoms with Gasteiger partial charge in [-0.3, -0.25) is 9.59 Å². The molecule has 3 unspecified atom stereocenters. The lowest BCUT2D eigenvalue weighted by Crippen LogP contribution is -2.35. The second kappa shape index (κ2) is 15.1. The first-order valence-electron chi connectivity index (χ1n) is 11.6. The number of nitrogens with zero attached hydrogens (tertiary/aromatic N) is 2. The topological polar surface area (TPSA) is 105 Å². The lowest BCUT2D eigenvalue weighted by molar-refractivity contribution is -0.141. The molecule has 0 aromatic rings. The number of esters is 2. The Hall–Kier alpha value is -1.94. The number of oxime groups is 2. The molecule has 33 heavy (non-hydrogen) atoms. The molecule has 0 radical (unpaired) electrons. The van der Waals surface area contributed by atoms with Crippen molar-refractivity contribution in [3.05, 3.63) is 0 Å². The van der Waals surface area contributed by atoms with E-state index in [0.29, 0.717) is 25.7 Å². The molecule has 190 valence electrons. The van der Waals surface area contributed by atoms with Crippen molar-refractivity contribution in [1.82, 2.24) is 0 Å². The third-order valence-electron chi connectivity index (χ3n) is 5.74. The molecule has 1 aliphatic carbocycles. The van der Waals surface area contributed by atoms with Crippen molar-refractivity contribution in [3.8, 4) is 0 Å². The lowest BCUT2D eigenvalue weighted by Gasteiger charge is -2.30. The summed E-state index contributed by atoms with van der Waals surface area (Å²) in [7, 11) is 4.10. The number of hydrogen-bond donors (Lipinski definition) is 0. The van der Waals surface area contributed by atoms with Gasteiger partial charge in [0.1, 0.15) is 14.2 Å². The highest BCUT2D eigenvalue weighted by Gasteiger charge is 2.43. The Balaban J connectivity index is 2.92. The third kappa shape index (κ3) is 11.2. The Morgan fingerprint density at radius 2 is 1.52 bits per heavy atom. The number of rotatable bonds is 15. The highest BCUT2D eigenvalue weighted by molar-refractivity contribution is 6.69. The molecule has 3 atom stereocenters. The van der Waals surface area contributed by atoms with Gasteiger partial charge in [0.25, 0.3) is 0 Å². The molecule has 10 heteroatoms. The molecule has 9 nitrogen and oxygen atoms in total. The Kier molecular flexibility index (Phi) is 13.3. The minimum Gasteiger partial charge on any atom is -0.469 e. The van der Waals surface area contributed by atoms with E-state index in [2.05, 4.69) is 30.0 Å². The molecule has 0 spiro atoms. The first kappa shape index (κ1) is 29.1. The van der Waals surface area contributed by atoms with E-state index >= 15 is 0 Å². The maximum absolute atomic E-state index is 11.8. The first-order valence-corrected chi connectivity index (χ1v) is 15.1. The smallest absolute Gasteiger partial charge is 0.305 e. The van der Waals surface area contributed by atoms with E-state index < -0.39 is 8.32 Å². The van der Waals surface area contributed by atoms with Crippen molar-refractivity contribution in [2.24, 2.45) is 22.1 Å². The summed E-state index contributed by atoms with van der Waals surface area (Å²) in [6, 6.07) is 0. The highest BCUT2D eigenvalue weighted by atomic mass is 28.4. The molecule has 0 heterocycles. The fraction of sp³-hybridized carbons (Fsp3) is 0.826. The Morgan fingerprint density at radius 3 is 2.09 bits per heavy atom. The zero-order valence-corrected chi connectivity index (χ0v) is 22.3. The molecule has 0 aromatic heterocycles. The van der Waals surface area contributed by atoms with E-state index in [1.165, 1.54) is 14.2 Å². The van der Waals surface area contributed by atoms with E-state index in [1.807, 2.05) is 0 Å². The van der Waals surface area contributed by atoms with Gasteiger partial charge in [-0.25, -0.2) is 0 Å². The van der Waals surface area contributed by atoms with Gasteiger partial charge in [-0.1, -0.05) is 10.3 Å². The van der Waals surface area contributed by atoms with Crippen LogP contribution in [0.25, 0.3) is 0 Å². The Bertz CT molecular complexity index is 676. The fourth-order valence-electron chi connectivity index (χ4n) is 4.34. The van der Waals surface area contributed by atoms with Crippen LogP contribution in [0.2, 0.25) is 19.6 Å². The van der Waals surface area contributed by atoms with E-state index in [-0.39, 0.29) is 29.9 Å². The van der Waals surface area contributed by atoms with Gasteiger partial charge < -0.3 is 23.6 Å². The molecule has 1 aliphatic rings. The van der Waals surface area contributed by atoms with Crippen LogP contribution in [0, 0.1) is 11.8 Å². The predicted octanol–water partition coefficient (Wildman–Crippen LogP) is 4.31. The average Bonchev–Trinajstić information content (AvgIpc) is 3.07. The summed E-state index contributed by atoms with van der Waals surface area (Å²) in [4.78, 5) is 33.4. The monoisotopic (exact) mass is 486 g/mol. The Morgan fingerprint density at radius 1 is 0.879 bits per heavy atom. The van der Waals surface area contributed by atoms with Crippen molar-refractivity contribution in [2.45, 2.75) is 83.5 Å². The number of carbonyl (C=O) groups excluding carboxylic acids is 2. The number of methoxy groups -OCH3 is 2. The molecule has 0 N–H and O–H groups in total. The minimum absolute atomic E-state index is 0.0244. The summed E-state index contributed by atoms with van der Waals surface area (Å²) >= 11 is 0. The summed E-state index contributed by atoms with van der Waals surface area (Å²) in [5.41, 5.74) is 1.90. The number of carbonyl (C=O) groups is 2. The first-order chi connectivity index (χ1) is 15.6. The van der Waals surface area contributed by atoms with Crippen LogP contribution >= 0.6 is 0 Å². The molecule has 0 bridgehead atoms. The second-order valence-electron chi connectivity index (χ2n) is 9.29. The summed E-state index contributed by atoms with van der Waals surface area (Å²) in [6.07, 6.45) is 6.00. The van der Waals surface area contributed by atoms with Gasteiger partial charge in [0.05, 0.1) is 31.7 Å². The summed E-state index contributed by atoms with van der Waals surface area (Å²) in [5, 5.41) is 8.52. The molecule has 0 saturated heterocycles. The lowest BCUT2D eigenvalue weighted by atomic mass is 9.85. The average molecular weight is 487 g/mol. The molecular weight excluding hydrogens is 444 g/mol. The van der Waals surface area contributed by atoms with Crippen LogP contribution < -0.4 is 0 Å². The van der Waals surface area contributed by atoms with Crippen molar-refractivity contribution in [1.29, 1.82) is 0 Å². The van der Waals surface area contributed by atoms with Gasteiger partial charge in [0.15, 0.2) is 8.32 Å². The van der Waals surface area contributed by atoms with Gasteiger partial charge in [0, 0.05) is 25.2 Å². The van der Waals surface area contributed by atoms with Crippen LogP contribution in [0.15, 0.2) is 10.3 Å². The molecule has 0 aromatic carbocycles. The maximum Gasteiger partial charge on any atom is 0.305 e. The summed E-state index contributed by atoms with van der Waals surface area (Å²) in [6.45, 7) is 6.54. The maximum atomic E-state index is 11.8. The van der Waals surface area contributed by atoms with E-state index in [9.17, 15) is 9.59 Å². The number of ether oxygens (including phenoxy) is 2. The quantitative estimate of drug-likeness (QED) is 0.112. The molecule has 1 saturated carbocycles. The SMILES string of the molecule is CO/N=C(\CCCCC(=O)OC)CCC1C(O[Si](C)(C)C)C/C(=N\OC)C1CCC(=O)OC. The van der Waals surface area contributed by atoms with E-state index in [0.717, 1.165) is 43.5 Å². The third-order valence-corrected chi connectivity index (χ3v) is 6.75.